The smallest absolute Gasteiger partial charge is 0.165 e. The number of hydrogen-bond acceptors (Lipinski definition) is 4. The first-order valence-electron chi connectivity index (χ1n) is 11.2. The van der Waals surface area contributed by atoms with Gasteiger partial charge in [-0.2, -0.15) is 0 Å². The minimum absolute atomic E-state index is 0.0451. The first-order chi connectivity index (χ1) is 13.8. The molecular weight excluding hydrogens is 362 g/mol. The molecule has 3 unspecified atom stereocenters. The van der Waals surface area contributed by atoms with Gasteiger partial charge in [-0.25, -0.2) is 0 Å². The molecule has 0 radical (unpaired) electrons. The molecule has 3 aliphatic rings. The van der Waals surface area contributed by atoms with E-state index in [0.717, 1.165) is 42.8 Å². The van der Waals surface area contributed by atoms with Gasteiger partial charge in [-0.05, 0) is 79.5 Å². The number of hydrogen-bond donors (Lipinski definition) is 1. The van der Waals surface area contributed by atoms with Crippen LogP contribution < -0.4 is 4.74 Å². The van der Waals surface area contributed by atoms with Crippen molar-refractivity contribution >= 4 is 11.9 Å². The van der Waals surface area contributed by atoms with Gasteiger partial charge in [0.2, 0.25) is 0 Å². The predicted octanol–water partition coefficient (Wildman–Crippen LogP) is 4.32. The van der Waals surface area contributed by atoms with Crippen molar-refractivity contribution in [3.05, 3.63) is 35.4 Å². The average Bonchev–Trinajstić information content (AvgIpc) is 3.02. The summed E-state index contributed by atoms with van der Waals surface area (Å²) >= 11 is 0. The second-order valence-electron chi connectivity index (χ2n) is 9.97. The topological polar surface area (TPSA) is 49.8 Å². The zero-order valence-electron chi connectivity index (χ0n) is 18.1. The second kappa shape index (κ2) is 7.88. The number of likely N-dealkylation sites (tertiary alicyclic amines) is 1. The maximum Gasteiger partial charge on any atom is 0.165 e. The van der Waals surface area contributed by atoms with E-state index in [1.54, 1.807) is 0 Å². The van der Waals surface area contributed by atoms with Crippen molar-refractivity contribution in [2.75, 3.05) is 26.2 Å². The molecule has 0 amide bonds. The summed E-state index contributed by atoms with van der Waals surface area (Å²) in [7, 11) is 0. The number of nitrogens with zero attached hydrogens (tertiary/aromatic N) is 1. The highest BCUT2D eigenvalue weighted by atomic mass is 16.5. The molecule has 2 aliphatic carbocycles. The van der Waals surface area contributed by atoms with E-state index < -0.39 is 6.10 Å². The van der Waals surface area contributed by atoms with Crippen molar-refractivity contribution in [3.8, 4) is 5.75 Å². The highest BCUT2D eigenvalue weighted by Gasteiger charge is 2.63. The highest BCUT2D eigenvalue weighted by molar-refractivity contribution is 6.07. The Morgan fingerprint density at radius 3 is 2.48 bits per heavy atom. The summed E-state index contributed by atoms with van der Waals surface area (Å²) < 4.78 is 5.79. The van der Waals surface area contributed by atoms with E-state index >= 15 is 0 Å². The Hall–Kier alpha value is -1.65. The van der Waals surface area contributed by atoms with Crippen LogP contribution in [0.4, 0.5) is 0 Å². The predicted molar refractivity (Wildman–Crippen MR) is 116 cm³/mol. The lowest BCUT2D eigenvalue weighted by molar-refractivity contribution is -0.125. The molecule has 2 saturated carbocycles. The first kappa shape index (κ1) is 20.6. The van der Waals surface area contributed by atoms with Gasteiger partial charge in [-0.1, -0.05) is 39.3 Å². The highest BCUT2D eigenvalue weighted by Crippen LogP contribution is 2.65. The standard InChI is InChI=1S/C25H35NO3/c1-24(2)22-11-12-25(24,3)23(28)21(22)15-18-7-9-20(10-8-18)29-17-19(27)16-26-13-5-4-6-14-26/h7-10,15,19,22,27H,4-6,11-14,16-17H2,1-3H3. The van der Waals surface area contributed by atoms with Crippen molar-refractivity contribution in [1.29, 1.82) is 0 Å². The summed E-state index contributed by atoms with van der Waals surface area (Å²) in [5.41, 5.74) is 1.87. The molecule has 1 aromatic carbocycles. The van der Waals surface area contributed by atoms with E-state index in [1.165, 1.54) is 19.3 Å². The number of piperidine rings is 1. The van der Waals surface area contributed by atoms with Gasteiger partial charge < -0.3 is 14.7 Å². The number of ether oxygens (including phenoxy) is 1. The summed E-state index contributed by atoms with van der Waals surface area (Å²) in [5, 5.41) is 10.3. The number of Topliss-reactive ketones (excluding diaryl/α,β-unsaturated/α-hetero) is 1. The van der Waals surface area contributed by atoms with Crippen LogP contribution in [0.5, 0.6) is 5.75 Å². The maximum atomic E-state index is 13.0. The third-order valence-electron chi connectivity index (χ3n) is 7.93. The van der Waals surface area contributed by atoms with Crippen LogP contribution in [0.2, 0.25) is 0 Å². The number of aliphatic hydroxyl groups is 1. The minimum Gasteiger partial charge on any atom is -0.491 e. The van der Waals surface area contributed by atoms with E-state index in [4.69, 9.17) is 4.74 Å². The molecule has 3 fully saturated rings. The van der Waals surface area contributed by atoms with Gasteiger partial charge in [0.1, 0.15) is 18.5 Å². The van der Waals surface area contributed by atoms with E-state index in [9.17, 15) is 9.90 Å². The number of ketones is 1. The number of β-amino-alcohol motifs (C(OH)–C–C–N with tert-alkyl or cyclic N) is 1. The van der Waals surface area contributed by atoms with Crippen LogP contribution in [0.3, 0.4) is 0 Å². The monoisotopic (exact) mass is 397 g/mol. The van der Waals surface area contributed by atoms with E-state index in [1.807, 2.05) is 24.3 Å². The third-order valence-corrected chi connectivity index (χ3v) is 7.93. The number of benzene rings is 1. The van der Waals surface area contributed by atoms with Crippen molar-refractivity contribution < 1.29 is 14.6 Å². The Kier molecular flexibility index (Phi) is 5.60. The molecule has 1 aliphatic heterocycles. The van der Waals surface area contributed by atoms with Crippen molar-refractivity contribution in [1.82, 2.24) is 4.90 Å². The summed E-state index contributed by atoms with van der Waals surface area (Å²) in [6, 6.07) is 7.89. The minimum atomic E-state index is -0.468. The van der Waals surface area contributed by atoms with E-state index in [-0.39, 0.29) is 10.8 Å². The molecule has 0 spiro atoms. The fourth-order valence-corrected chi connectivity index (χ4v) is 5.62. The Balaban J connectivity index is 1.35. The van der Waals surface area contributed by atoms with Crippen LogP contribution in [0.25, 0.3) is 6.08 Å². The lowest BCUT2D eigenvalue weighted by Crippen LogP contribution is -2.38. The lowest BCUT2D eigenvalue weighted by atomic mass is 9.70. The number of aliphatic hydroxyl groups excluding tert-OH is 1. The molecule has 3 atom stereocenters. The molecule has 2 bridgehead atoms. The van der Waals surface area contributed by atoms with Crippen LogP contribution in [-0.2, 0) is 4.79 Å². The Bertz CT molecular complexity index is 776. The van der Waals surface area contributed by atoms with Gasteiger partial charge in [-0.3, -0.25) is 4.79 Å². The van der Waals surface area contributed by atoms with Crippen LogP contribution in [0.15, 0.2) is 29.8 Å². The zero-order chi connectivity index (χ0) is 20.6. The van der Waals surface area contributed by atoms with Crippen molar-refractivity contribution in [3.63, 3.8) is 0 Å². The summed E-state index contributed by atoms with van der Waals surface area (Å²) in [5.74, 6) is 1.46. The number of fused-ring (bicyclic) bond motifs is 2. The van der Waals surface area contributed by atoms with Crippen LogP contribution >= 0.6 is 0 Å². The van der Waals surface area contributed by atoms with Gasteiger partial charge in [0, 0.05) is 12.0 Å². The summed E-state index contributed by atoms with van der Waals surface area (Å²) in [6.45, 7) is 9.78. The van der Waals surface area contributed by atoms with E-state index in [2.05, 4.69) is 31.7 Å². The second-order valence-corrected chi connectivity index (χ2v) is 9.97. The van der Waals surface area contributed by atoms with Crippen molar-refractivity contribution in [2.45, 2.75) is 59.0 Å². The summed E-state index contributed by atoms with van der Waals surface area (Å²) in [6.07, 6.45) is 7.48. The Morgan fingerprint density at radius 1 is 1.17 bits per heavy atom. The molecule has 4 nitrogen and oxygen atoms in total. The molecular formula is C25H35NO3. The number of rotatable bonds is 6. The largest absolute Gasteiger partial charge is 0.491 e. The lowest BCUT2D eigenvalue weighted by Gasteiger charge is -2.31. The SMILES string of the molecule is CC12CCC(C(=Cc3ccc(OCC(O)CN4CCCCC4)cc3)C1=O)C2(C)C. The first-order valence-corrected chi connectivity index (χ1v) is 11.2. The third kappa shape index (κ3) is 3.77. The molecule has 158 valence electrons. The zero-order valence-corrected chi connectivity index (χ0v) is 18.1. The molecule has 1 heterocycles. The number of carbonyl (C=O) groups excluding carboxylic acids is 1. The summed E-state index contributed by atoms with van der Waals surface area (Å²) in [4.78, 5) is 15.3. The van der Waals surface area contributed by atoms with Crippen LogP contribution in [0, 0.1) is 16.7 Å². The Morgan fingerprint density at radius 2 is 1.86 bits per heavy atom. The van der Waals surface area contributed by atoms with Gasteiger partial charge in [-0.15, -0.1) is 0 Å². The molecule has 4 heteroatoms. The van der Waals surface area contributed by atoms with E-state index in [0.29, 0.717) is 24.9 Å². The number of carbonyl (C=O) groups is 1. The molecule has 4 rings (SSSR count). The van der Waals surface area contributed by atoms with Crippen molar-refractivity contribution in [2.24, 2.45) is 16.7 Å². The normalized spacial score (nSPS) is 31.4. The molecule has 0 aromatic heterocycles. The maximum absolute atomic E-state index is 13.0. The molecule has 1 aromatic rings. The molecule has 1 saturated heterocycles. The van der Waals surface area contributed by atoms with Gasteiger partial charge in [0.25, 0.3) is 0 Å². The van der Waals surface area contributed by atoms with Gasteiger partial charge >= 0.3 is 0 Å². The fraction of sp³-hybridized carbons (Fsp3) is 0.640. The van der Waals surface area contributed by atoms with Crippen LogP contribution in [0.1, 0.15) is 58.4 Å². The quantitative estimate of drug-likeness (QED) is 0.726. The Labute approximate surface area is 174 Å². The van der Waals surface area contributed by atoms with Crippen LogP contribution in [-0.4, -0.2) is 48.1 Å². The molecule has 29 heavy (non-hydrogen) atoms. The van der Waals surface area contributed by atoms with Gasteiger partial charge in [0.15, 0.2) is 5.78 Å². The van der Waals surface area contributed by atoms with Gasteiger partial charge in [0.05, 0.1) is 0 Å². The fourth-order valence-electron chi connectivity index (χ4n) is 5.62. The average molecular weight is 398 g/mol. The number of allylic oxidation sites excluding steroid dienone is 1. The molecule has 1 N–H and O–H groups in total.